The van der Waals surface area contributed by atoms with E-state index in [1.807, 2.05) is 32.9 Å². The van der Waals surface area contributed by atoms with Gasteiger partial charge in [0.1, 0.15) is 5.75 Å². The van der Waals surface area contributed by atoms with Crippen molar-refractivity contribution < 1.29 is 19.2 Å². The van der Waals surface area contributed by atoms with Crippen LogP contribution in [-0.2, 0) is 0 Å². The first-order chi connectivity index (χ1) is 11.3. The van der Waals surface area contributed by atoms with Gasteiger partial charge in [-0.3, -0.25) is 14.9 Å². The van der Waals surface area contributed by atoms with Crippen LogP contribution in [0.5, 0.6) is 11.5 Å². The second-order valence-corrected chi connectivity index (χ2v) is 5.55. The maximum atomic E-state index is 12.4. The maximum absolute atomic E-state index is 12.4. The number of aryl methyl sites for hydroxylation is 3. The maximum Gasteiger partial charge on any atom is 0.314 e. The van der Waals surface area contributed by atoms with Crippen molar-refractivity contribution >= 4 is 11.5 Å². The van der Waals surface area contributed by atoms with E-state index in [0.29, 0.717) is 11.3 Å². The summed E-state index contributed by atoms with van der Waals surface area (Å²) in [6.45, 7) is 5.50. The molecule has 0 saturated carbocycles. The second-order valence-electron chi connectivity index (χ2n) is 5.55. The average molecular weight is 329 g/mol. The molecule has 2 rings (SSSR count). The number of nitro groups is 1. The fraction of sp³-hybridized carbons (Fsp3) is 0.278. The van der Waals surface area contributed by atoms with Crippen LogP contribution in [0.2, 0.25) is 0 Å². The minimum absolute atomic E-state index is 0.0376. The molecule has 0 aliphatic carbocycles. The van der Waals surface area contributed by atoms with E-state index in [-0.39, 0.29) is 23.8 Å². The lowest BCUT2D eigenvalue weighted by atomic mass is 9.98. The molecule has 2 aromatic carbocycles. The Morgan fingerprint density at radius 1 is 1.08 bits per heavy atom. The van der Waals surface area contributed by atoms with Crippen LogP contribution < -0.4 is 9.47 Å². The Labute approximate surface area is 140 Å². The summed E-state index contributed by atoms with van der Waals surface area (Å²) in [7, 11) is 1.42. The van der Waals surface area contributed by atoms with Crippen molar-refractivity contribution in [3.63, 3.8) is 0 Å². The molecule has 6 nitrogen and oxygen atoms in total. The zero-order valence-corrected chi connectivity index (χ0v) is 14.1. The van der Waals surface area contributed by atoms with E-state index in [0.717, 1.165) is 16.7 Å². The monoisotopic (exact) mass is 329 g/mol. The summed E-state index contributed by atoms with van der Waals surface area (Å²) >= 11 is 0. The highest BCUT2D eigenvalue weighted by atomic mass is 16.6. The van der Waals surface area contributed by atoms with Crippen LogP contribution >= 0.6 is 0 Å². The summed E-state index contributed by atoms with van der Waals surface area (Å²) in [5.74, 6) is 0.168. The van der Waals surface area contributed by atoms with E-state index in [1.165, 1.54) is 19.2 Å². The van der Waals surface area contributed by atoms with Crippen molar-refractivity contribution in [1.82, 2.24) is 0 Å². The largest absolute Gasteiger partial charge is 0.496 e. The number of carbonyl (C=O) groups is 1. The number of nitrogens with zero attached hydrogens (tertiary/aromatic N) is 1. The number of Topliss-reactive ketones (excluding diaryl/α,β-unsaturated/α-hetero) is 1. The molecule has 0 radical (unpaired) electrons. The number of ether oxygens (including phenoxy) is 2. The first-order valence-corrected chi connectivity index (χ1v) is 7.39. The van der Waals surface area contributed by atoms with E-state index in [2.05, 4.69) is 0 Å². The van der Waals surface area contributed by atoms with Gasteiger partial charge in [-0.15, -0.1) is 0 Å². The van der Waals surface area contributed by atoms with Gasteiger partial charge in [0.2, 0.25) is 0 Å². The first kappa shape index (κ1) is 17.5. The third-order valence-electron chi connectivity index (χ3n) is 3.86. The van der Waals surface area contributed by atoms with Gasteiger partial charge in [-0.2, -0.15) is 0 Å². The summed E-state index contributed by atoms with van der Waals surface area (Å²) in [6.07, 6.45) is 0. The highest BCUT2D eigenvalue weighted by Crippen LogP contribution is 2.31. The number of hydrogen-bond donors (Lipinski definition) is 0. The fourth-order valence-electron chi connectivity index (χ4n) is 2.37. The molecule has 0 amide bonds. The molecule has 6 heteroatoms. The zero-order chi connectivity index (χ0) is 17.9. The molecule has 0 saturated heterocycles. The number of hydrogen-bond acceptors (Lipinski definition) is 5. The van der Waals surface area contributed by atoms with E-state index in [9.17, 15) is 14.9 Å². The number of benzene rings is 2. The average Bonchev–Trinajstić information content (AvgIpc) is 2.55. The Kier molecular flexibility index (Phi) is 5.18. The van der Waals surface area contributed by atoms with Gasteiger partial charge in [0.15, 0.2) is 18.1 Å². The second kappa shape index (κ2) is 7.12. The van der Waals surface area contributed by atoms with E-state index >= 15 is 0 Å². The molecule has 0 aliphatic rings. The molecule has 0 N–H and O–H groups in total. The van der Waals surface area contributed by atoms with Crippen molar-refractivity contribution in [2.75, 3.05) is 13.7 Å². The van der Waals surface area contributed by atoms with E-state index < -0.39 is 4.92 Å². The number of carbonyl (C=O) groups excluding carboxylic acids is 1. The van der Waals surface area contributed by atoms with Crippen LogP contribution in [0.4, 0.5) is 5.69 Å². The van der Waals surface area contributed by atoms with Crippen molar-refractivity contribution in [2.45, 2.75) is 20.8 Å². The molecule has 0 aromatic heterocycles. The van der Waals surface area contributed by atoms with Gasteiger partial charge in [0, 0.05) is 5.56 Å². The normalized spacial score (nSPS) is 10.3. The summed E-state index contributed by atoms with van der Waals surface area (Å²) in [6, 6.07) is 8.00. The lowest BCUT2D eigenvalue weighted by Gasteiger charge is -2.11. The van der Waals surface area contributed by atoms with Crippen LogP contribution in [0.1, 0.15) is 27.0 Å². The predicted molar refractivity (Wildman–Crippen MR) is 90.1 cm³/mol. The molecule has 24 heavy (non-hydrogen) atoms. The van der Waals surface area contributed by atoms with Crippen molar-refractivity contribution in [3.8, 4) is 11.5 Å². The van der Waals surface area contributed by atoms with Gasteiger partial charge in [0.05, 0.1) is 18.1 Å². The molecular formula is C18H19NO5. The summed E-state index contributed by atoms with van der Waals surface area (Å²) in [5, 5.41) is 11.1. The summed E-state index contributed by atoms with van der Waals surface area (Å²) in [5.41, 5.74) is 3.30. The Balaban J connectivity index is 2.21. The lowest BCUT2D eigenvalue weighted by molar-refractivity contribution is -0.385. The highest BCUT2D eigenvalue weighted by molar-refractivity contribution is 5.98. The van der Waals surface area contributed by atoms with Crippen LogP contribution in [0.15, 0.2) is 30.3 Å². The van der Waals surface area contributed by atoms with Crippen LogP contribution in [0.25, 0.3) is 0 Å². The SMILES string of the molecule is COc1ccc(OCC(=O)c2cc(C)c(C)cc2C)c([N+](=O)[O-])c1. The van der Waals surface area contributed by atoms with Gasteiger partial charge >= 0.3 is 5.69 Å². The quantitative estimate of drug-likeness (QED) is 0.458. The fourth-order valence-corrected chi connectivity index (χ4v) is 2.37. The molecule has 0 heterocycles. The molecule has 0 spiro atoms. The molecular weight excluding hydrogens is 310 g/mol. The molecule has 0 unspecified atom stereocenters. The van der Waals surface area contributed by atoms with Gasteiger partial charge in [-0.1, -0.05) is 6.07 Å². The summed E-state index contributed by atoms with van der Waals surface area (Å²) in [4.78, 5) is 22.9. The minimum atomic E-state index is -0.566. The van der Waals surface area contributed by atoms with E-state index in [1.54, 1.807) is 6.07 Å². The van der Waals surface area contributed by atoms with Gasteiger partial charge in [-0.05, 0) is 55.7 Å². The van der Waals surface area contributed by atoms with Crippen molar-refractivity contribution in [3.05, 3.63) is 62.7 Å². The number of rotatable bonds is 6. The highest BCUT2D eigenvalue weighted by Gasteiger charge is 2.19. The Hall–Kier alpha value is -2.89. The van der Waals surface area contributed by atoms with Gasteiger partial charge in [0.25, 0.3) is 0 Å². The number of ketones is 1. The number of nitro benzene ring substituents is 1. The zero-order valence-electron chi connectivity index (χ0n) is 14.1. The minimum Gasteiger partial charge on any atom is -0.496 e. The first-order valence-electron chi connectivity index (χ1n) is 7.39. The lowest BCUT2D eigenvalue weighted by Crippen LogP contribution is -2.14. The van der Waals surface area contributed by atoms with Gasteiger partial charge in [-0.25, -0.2) is 0 Å². The van der Waals surface area contributed by atoms with Crippen LogP contribution in [-0.4, -0.2) is 24.4 Å². The topological polar surface area (TPSA) is 78.7 Å². The van der Waals surface area contributed by atoms with Crippen LogP contribution in [0, 0.1) is 30.9 Å². The molecule has 0 aliphatic heterocycles. The van der Waals surface area contributed by atoms with Crippen LogP contribution in [0.3, 0.4) is 0 Å². The van der Waals surface area contributed by atoms with Gasteiger partial charge < -0.3 is 9.47 Å². The third-order valence-corrected chi connectivity index (χ3v) is 3.86. The molecule has 0 fully saturated rings. The smallest absolute Gasteiger partial charge is 0.314 e. The van der Waals surface area contributed by atoms with E-state index in [4.69, 9.17) is 9.47 Å². The predicted octanol–water partition coefficient (Wildman–Crippen LogP) is 3.79. The summed E-state index contributed by atoms with van der Waals surface area (Å²) < 4.78 is 10.4. The van der Waals surface area contributed by atoms with Crippen molar-refractivity contribution in [1.29, 1.82) is 0 Å². The number of methoxy groups -OCH3 is 1. The van der Waals surface area contributed by atoms with Crippen molar-refractivity contribution in [2.24, 2.45) is 0 Å². The molecule has 2 aromatic rings. The standard InChI is InChI=1S/C18H19NO5/c1-11-7-13(3)15(8-12(11)2)17(20)10-24-18-6-5-14(23-4)9-16(18)19(21)22/h5-9H,10H2,1-4H3. The Morgan fingerprint density at radius 2 is 1.75 bits per heavy atom. The molecule has 126 valence electrons. The third kappa shape index (κ3) is 3.71. The Morgan fingerprint density at radius 3 is 2.38 bits per heavy atom. The Bertz CT molecular complexity index is 798. The molecule has 0 atom stereocenters. The molecule has 0 bridgehead atoms.